The molecular formula is C24H29F2N3O6. The molecule has 1 aromatic carbocycles. The van der Waals surface area contributed by atoms with Crippen LogP contribution in [0.1, 0.15) is 31.1 Å². The van der Waals surface area contributed by atoms with E-state index in [0.717, 1.165) is 12.3 Å². The van der Waals surface area contributed by atoms with Crippen molar-refractivity contribution in [2.45, 2.75) is 39.5 Å². The molecule has 11 heteroatoms. The minimum Gasteiger partial charge on any atom is -0.477 e. The Bertz CT molecular complexity index is 1230. The molecule has 2 aromatic rings. The Morgan fingerprint density at radius 1 is 1.31 bits per heavy atom. The molecule has 1 saturated heterocycles. The number of fused-ring (bicyclic) bond motifs is 1. The lowest BCUT2D eigenvalue weighted by atomic mass is 10.1. The average Bonchev–Trinajstić information content (AvgIpc) is 2.79. The summed E-state index contributed by atoms with van der Waals surface area (Å²) in [6.07, 6.45) is 0.129. The van der Waals surface area contributed by atoms with E-state index >= 15 is 8.78 Å². The summed E-state index contributed by atoms with van der Waals surface area (Å²) in [5, 5.41) is 19.2. The van der Waals surface area contributed by atoms with Crippen LogP contribution in [0.3, 0.4) is 0 Å². The van der Waals surface area contributed by atoms with Crippen LogP contribution >= 0.6 is 0 Å². The third-order valence-corrected chi connectivity index (χ3v) is 6.08. The third kappa shape index (κ3) is 5.35. The molecular weight excluding hydrogens is 464 g/mol. The first-order valence-electron chi connectivity index (χ1n) is 11.2. The lowest BCUT2D eigenvalue weighted by molar-refractivity contribution is -0.142. The Kier molecular flexibility index (Phi) is 7.91. The molecule has 3 rings (SSSR count). The number of esters is 1. The van der Waals surface area contributed by atoms with Gasteiger partial charge in [-0.15, -0.1) is 0 Å². The molecule has 0 amide bonds. The van der Waals surface area contributed by atoms with Gasteiger partial charge in [0.05, 0.1) is 10.9 Å². The van der Waals surface area contributed by atoms with Crippen molar-refractivity contribution in [3.8, 4) is 0 Å². The molecule has 35 heavy (non-hydrogen) atoms. The van der Waals surface area contributed by atoms with Crippen LogP contribution in [-0.4, -0.2) is 76.6 Å². The van der Waals surface area contributed by atoms with Crippen molar-refractivity contribution in [3.05, 3.63) is 51.8 Å². The third-order valence-electron chi connectivity index (χ3n) is 6.08. The number of nitrogens with zero attached hydrogens (tertiary/aromatic N) is 3. The topological polar surface area (TPSA) is 112 Å². The van der Waals surface area contributed by atoms with E-state index in [-0.39, 0.29) is 61.0 Å². The first-order valence-corrected chi connectivity index (χ1v) is 11.2. The molecule has 1 fully saturated rings. The Labute approximate surface area is 200 Å². The molecule has 1 aliphatic heterocycles. The number of aliphatic hydroxyl groups is 1. The van der Waals surface area contributed by atoms with Gasteiger partial charge in [-0.25, -0.2) is 18.4 Å². The standard InChI is InChI=1S/C24H29F2N3O6/c1-5-27-11-17(23(32)33)22(31)16-8-18(25)21(19(26)20(16)27)29-7-6-28(14(4)9-29)10-15(30)12-35-24(34)13(2)3/h8,11,14-15,30H,2,5-7,9-10,12H2,1,3-4H3,(H,32,33). The molecule has 1 aromatic heterocycles. The number of carbonyl (C=O) groups is 2. The van der Waals surface area contributed by atoms with Gasteiger partial charge in [-0.1, -0.05) is 6.58 Å². The second kappa shape index (κ2) is 10.5. The summed E-state index contributed by atoms with van der Waals surface area (Å²) in [7, 11) is 0. The van der Waals surface area contributed by atoms with Gasteiger partial charge in [0.25, 0.3) is 0 Å². The van der Waals surface area contributed by atoms with Crippen LogP contribution in [0, 0.1) is 11.6 Å². The van der Waals surface area contributed by atoms with Gasteiger partial charge in [0.15, 0.2) is 5.82 Å². The van der Waals surface area contributed by atoms with Gasteiger partial charge >= 0.3 is 11.9 Å². The number of piperazine rings is 1. The molecule has 9 nitrogen and oxygen atoms in total. The molecule has 2 heterocycles. The van der Waals surface area contributed by atoms with E-state index in [1.807, 2.05) is 11.8 Å². The molecule has 0 bridgehead atoms. The minimum atomic E-state index is -1.47. The molecule has 2 atom stereocenters. The van der Waals surface area contributed by atoms with E-state index in [0.29, 0.717) is 6.54 Å². The van der Waals surface area contributed by atoms with Crippen LogP contribution in [0.25, 0.3) is 10.9 Å². The normalized spacial score (nSPS) is 17.4. The number of benzene rings is 1. The van der Waals surface area contributed by atoms with Crippen molar-refractivity contribution in [2.75, 3.05) is 37.7 Å². The number of carboxylic acids is 1. The second-order valence-electron chi connectivity index (χ2n) is 8.70. The summed E-state index contributed by atoms with van der Waals surface area (Å²) in [6, 6.07) is 0.693. The van der Waals surface area contributed by atoms with Gasteiger partial charge in [-0.2, -0.15) is 0 Å². The van der Waals surface area contributed by atoms with Crippen LogP contribution < -0.4 is 10.3 Å². The lowest BCUT2D eigenvalue weighted by Crippen LogP contribution is -2.54. The summed E-state index contributed by atoms with van der Waals surface area (Å²) in [5.74, 6) is -3.94. The molecule has 0 saturated carbocycles. The summed E-state index contributed by atoms with van der Waals surface area (Å²) < 4.78 is 37.0. The number of rotatable bonds is 8. The molecule has 0 spiro atoms. The molecule has 2 unspecified atom stereocenters. The van der Waals surface area contributed by atoms with E-state index in [9.17, 15) is 24.6 Å². The van der Waals surface area contributed by atoms with Gasteiger partial charge in [-0.3, -0.25) is 9.69 Å². The molecule has 0 aliphatic carbocycles. The quantitative estimate of drug-likeness (QED) is 0.424. The Morgan fingerprint density at radius 3 is 2.57 bits per heavy atom. The second-order valence-corrected chi connectivity index (χ2v) is 8.70. The highest BCUT2D eigenvalue weighted by atomic mass is 19.1. The number of halogens is 2. The SMILES string of the molecule is C=C(C)C(=O)OCC(O)CN1CCN(c2c(F)cc3c(=O)c(C(=O)O)cn(CC)c3c2F)CC1C. The number of ether oxygens (including phenoxy) is 1. The fraction of sp³-hybridized carbons (Fsp3) is 0.458. The van der Waals surface area contributed by atoms with Crippen LogP contribution in [0.2, 0.25) is 0 Å². The van der Waals surface area contributed by atoms with Gasteiger partial charge < -0.3 is 24.4 Å². The molecule has 0 radical (unpaired) electrons. The highest BCUT2D eigenvalue weighted by Crippen LogP contribution is 2.31. The Hall–Kier alpha value is -3.31. The van der Waals surface area contributed by atoms with E-state index in [2.05, 4.69) is 6.58 Å². The number of β-amino-alcohol motifs (C(OH)–C–C–N with tert-alkyl or cyclic N) is 1. The zero-order valence-electron chi connectivity index (χ0n) is 19.9. The maximum atomic E-state index is 15.7. The number of carbonyl (C=O) groups excluding carboxylic acids is 1. The van der Waals surface area contributed by atoms with Crippen molar-refractivity contribution in [1.82, 2.24) is 9.47 Å². The van der Waals surface area contributed by atoms with Crippen molar-refractivity contribution >= 4 is 28.5 Å². The maximum absolute atomic E-state index is 15.7. The summed E-state index contributed by atoms with van der Waals surface area (Å²) in [4.78, 5) is 38.9. The van der Waals surface area contributed by atoms with Gasteiger partial charge in [-0.05, 0) is 26.8 Å². The number of aryl methyl sites for hydroxylation is 1. The van der Waals surface area contributed by atoms with E-state index in [1.165, 1.54) is 16.4 Å². The van der Waals surface area contributed by atoms with Gasteiger partial charge in [0, 0.05) is 50.5 Å². The van der Waals surface area contributed by atoms with E-state index < -0.39 is 40.7 Å². The van der Waals surface area contributed by atoms with Crippen LogP contribution in [0.15, 0.2) is 29.2 Å². The number of hydrogen-bond donors (Lipinski definition) is 2. The van der Waals surface area contributed by atoms with Crippen LogP contribution in [-0.2, 0) is 16.1 Å². The Morgan fingerprint density at radius 2 is 2.00 bits per heavy atom. The number of aliphatic hydroxyl groups excluding tert-OH is 1. The van der Waals surface area contributed by atoms with Crippen molar-refractivity contribution in [1.29, 1.82) is 0 Å². The summed E-state index contributed by atoms with van der Waals surface area (Å²) in [6.45, 7) is 9.54. The van der Waals surface area contributed by atoms with Crippen LogP contribution in [0.4, 0.5) is 14.5 Å². The highest BCUT2D eigenvalue weighted by molar-refractivity contribution is 5.94. The number of anilines is 1. The number of hydrogen-bond acceptors (Lipinski definition) is 7. The number of carboxylic acid groups (broad SMARTS) is 1. The number of aromatic carboxylic acids is 1. The summed E-state index contributed by atoms with van der Waals surface area (Å²) in [5.41, 5.74) is -1.71. The van der Waals surface area contributed by atoms with Crippen molar-refractivity contribution in [2.24, 2.45) is 0 Å². The molecule has 2 N–H and O–H groups in total. The lowest BCUT2D eigenvalue weighted by Gasteiger charge is -2.41. The van der Waals surface area contributed by atoms with Gasteiger partial charge in [0.1, 0.15) is 29.8 Å². The zero-order chi connectivity index (χ0) is 26.0. The average molecular weight is 494 g/mol. The number of aromatic nitrogens is 1. The largest absolute Gasteiger partial charge is 0.477 e. The van der Waals surface area contributed by atoms with E-state index in [4.69, 9.17) is 4.74 Å². The monoisotopic (exact) mass is 493 g/mol. The number of pyridine rings is 1. The molecule has 1 aliphatic rings. The first-order chi connectivity index (χ1) is 16.5. The fourth-order valence-electron chi connectivity index (χ4n) is 4.26. The minimum absolute atomic E-state index is 0.149. The van der Waals surface area contributed by atoms with Crippen molar-refractivity contribution < 1.29 is 33.3 Å². The zero-order valence-corrected chi connectivity index (χ0v) is 19.9. The maximum Gasteiger partial charge on any atom is 0.341 e. The fourth-order valence-corrected chi connectivity index (χ4v) is 4.26. The van der Waals surface area contributed by atoms with E-state index in [1.54, 1.807) is 6.92 Å². The Balaban J connectivity index is 1.84. The van der Waals surface area contributed by atoms with Crippen molar-refractivity contribution in [3.63, 3.8) is 0 Å². The summed E-state index contributed by atoms with van der Waals surface area (Å²) >= 11 is 0. The van der Waals surface area contributed by atoms with Gasteiger partial charge in [0.2, 0.25) is 5.43 Å². The highest BCUT2D eigenvalue weighted by Gasteiger charge is 2.31. The molecule has 190 valence electrons. The van der Waals surface area contributed by atoms with Crippen LogP contribution in [0.5, 0.6) is 0 Å². The first kappa shape index (κ1) is 26.3. The predicted octanol–water partition coefficient (Wildman–Crippen LogP) is 1.99. The smallest absolute Gasteiger partial charge is 0.341 e. The predicted molar refractivity (Wildman–Crippen MR) is 126 cm³/mol.